The maximum absolute atomic E-state index is 13.1. The summed E-state index contributed by atoms with van der Waals surface area (Å²) >= 11 is 0. The first kappa shape index (κ1) is 25.0. The molecule has 0 bridgehead atoms. The van der Waals surface area contributed by atoms with Gasteiger partial charge in [-0.15, -0.1) is 0 Å². The maximum Gasteiger partial charge on any atom is 0.319 e. The second-order valence-corrected chi connectivity index (χ2v) is 8.78. The van der Waals surface area contributed by atoms with Crippen molar-refractivity contribution in [2.24, 2.45) is 5.92 Å². The van der Waals surface area contributed by atoms with E-state index in [1.54, 1.807) is 0 Å². The number of carbonyl (C=O) groups is 2. The zero-order valence-electron chi connectivity index (χ0n) is 20.3. The van der Waals surface area contributed by atoms with Gasteiger partial charge >= 0.3 is 6.03 Å². The number of nitrogens with one attached hydrogen (secondary N) is 3. The van der Waals surface area contributed by atoms with Crippen molar-refractivity contribution in [1.29, 1.82) is 0 Å². The van der Waals surface area contributed by atoms with E-state index in [1.807, 2.05) is 81.4 Å². The van der Waals surface area contributed by atoms with Crippen LogP contribution in [0.1, 0.15) is 49.3 Å². The average Bonchev–Trinajstić information content (AvgIpc) is 2.87. The summed E-state index contributed by atoms with van der Waals surface area (Å²) in [6, 6.07) is 27.3. The standard InChI is InChI=1S/C29H35N3O2/c1-4-22(3)27(32-29(34)31-25-17-15-21(2)16-18-25)28(33)30-20-19-26(23-11-7-5-8-12-23)24-13-9-6-10-14-24/h5-18,22,26-27H,4,19-20H2,1-3H3,(H,30,33)(H2,31,32,34). The van der Waals surface area contributed by atoms with Gasteiger partial charge in [0.2, 0.25) is 5.91 Å². The van der Waals surface area contributed by atoms with Crippen molar-refractivity contribution in [3.05, 3.63) is 102 Å². The van der Waals surface area contributed by atoms with Crippen molar-refractivity contribution in [2.45, 2.75) is 45.6 Å². The number of amides is 3. The molecule has 3 amide bonds. The van der Waals surface area contributed by atoms with Gasteiger partial charge in [0.1, 0.15) is 6.04 Å². The molecule has 3 N–H and O–H groups in total. The Balaban J connectivity index is 1.62. The van der Waals surface area contributed by atoms with Gasteiger partial charge in [0.05, 0.1) is 0 Å². The molecule has 3 aromatic rings. The first-order chi connectivity index (χ1) is 16.5. The fourth-order valence-corrected chi connectivity index (χ4v) is 3.99. The third-order valence-electron chi connectivity index (χ3n) is 6.23. The second kappa shape index (κ2) is 12.6. The normalized spacial score (nSPS) is 12.6. The van der Waals surface area contributed by atoms with Crippen LogP contribution in [0.4, 0.5) is 10.5 Å². The Hall–Kier alpha value is -3.60. The highest BCUT2D eigenvalue weighted by molar-refractivity contribution is 5.93. The molecule has 0 fully saturated rings. The largest absolute Gasteiger partial charge is 0.354 e. The van der Waals surface area contributed by atoms with E-state index in [0.29, 0.717) is 12.2 Å². The van der Waals surface area contributed by atoms with Crippen LogP contribution >= 0.6 is 0 Å². The summed E-state index contributed by atoms with van der Waals surface area (Å²) in [5.41, 5.74) is 4.25. The van der Waals surface area contributed by atoms with Crippen LogP contribution < -0.4 is 16.0 Å². The Labute approximate surface area is 203 Å². The molecule has 2 unspecified atom stereocenters. The maximum atomic E-state index is 13.1. The summed E-state index contributed by atoms with van der Waals surface area (Å²) in [5, 5.41) is 8.75. The van der Waals surface area contributed by atoms with Gasteiger partial charge in [-0.05, 0) is 42.5 Å². The second-order valence-electron chi connectivity index (χ2n) is 8.78. The first-order valence-corrected chi connectivity index (χ1v) is 12.0. The fourth-order valence-electron chi connectivity index (χ4n) is 3.99. The third kappa shape index (κ3) is 7.20. The number of anilines is 1. The highest BCUT2D eigenvalue weighted by atomic mass is 16.2. The minimum Gasteiger partial charge on any atom is -0.354 e. The van der Waals surface area contributed by atoms with Crippen LogP contribution in [-0.4, -0.2) is 24.5 Å². The molecule has 5 heteroatoms. The lowest BCUT2D eigenvalue weighted by Crippen LogP contribution is -2.51. The molecular formula is C29H35N3O2. The number of rotatable bonds is 10. The van der Waals surface area contributed by atoms with Gasteiger partial charge < -0.3 is 16.0 Å². The van der Waals surface area contributed by atoms with E-state index in [1.165, 1.54) is 11.1 Å². The smallest absolute Gasteiger partial charge is 0.319 e. The molecule has 2 atom stereocenters. The quantitative estimate of drug-likeness (QED) is 0.356. The van der Waals surface area contributed by atoms with Crippen molar-refractivity contribution < 1.29 is 9.59 Å². The van der Waals surface area contributed by atoms with E-state index in [0.717, 1.165) is 18.4 Å². The van der Waals surface area contributed by atoms with Gasteiger partial charge in [-0.2, -0.15) is 0 Å². The number of benzene rings is 3. The molecule has 0 heterocycles. The summed E-state index contributed by atoms with van der Waals surface area (Å²) in [6.07, 6.45) is 1.54. The van der Waals surface area contributed by atoms with Crippen molar-refractivity contribution in [3.8, 4) is 0 Å². The number of urea groups is 1. The molecule has 5 nitrogen and oxygen atoms in total. The van der Waals surface area contributed by atoms with Crippen LogP contribution in [0, 0.1) is 12.8 Å². The van der Waals surface area contributed by atoms with E-state index in [-0.39, 0.29) is 23.8 Å². The molecule has 0 aromatic heterocycles. The topological polar surface area (TPSA) is 70.2 Å². The van der Waals surface area contributed by atoms with Crippen molar-refractivity contribution >= 4 is 17.6 Å². The molecule has 0 spiro atoms. The van der Waals surface area contributed by atoms with Crippen LogP contribution in [-0.2, 0) is 4.79 Å². The number of hydrogen-bond acceptors (Lipinski definition) is 2. The van der Waals surface area contributed by atoms with Gasteiger partial charge in [0, 0.05) is 18.2 Å². The summed E-state index contributed by atoms with van der Waals surface area (Å²) < 4.78 is 0. The Morgan fingerprint density at radius 3 is 1.91 bits per heavy atom. The van der Waals surface area contributed by atoms with Gasteiger partial charge in [0.25, 0.3) is 0 Å². The lowest BCUT2D eigenvalue weighted by atomic mass is 9.88. The predicted molar refractivity (Wildman–Crippen MR) is 139 cm³/mol. The lowest BCUT2D eigenvalue weighted by Gasteiger charge is -2.24. The van der Waals surface area contributed by atoms with Crippen LogP contribution in [0.5, 0.6) is 0 Å². The molecule has 34 heavy (non-hydrogen) atoms. The Bertz CT molecular complexity index is 996. The highest BCUT2D eigenvalue weighted by Gasteiger charge is 2.26. The SMILES string of the molecule is CCC(C)C(NC(=O)Nc1ccc(C)cc1)C(=O)NCCC(c1ccccc1)c1ccccc1. The molecule has 0 saturated heterocycles. The molecule has 0 aliphatic carbocycles. The zero-order valence-corrected chi connectivity index (χ0v) is 20.3. The van der Waals surface area contributed by atoms with E-state index in [4.69, 9.17) is 0 Å². The minimum atomic E-state index is -0.609. The molecular weight excluding hydrogens is 422 g/mol. The van der Waals surface area contributed by atoms with Gasteiger partial charge in [-0.3, -0.25) is 4.79 Å². The molecule has 0 aliphatic heterocycles. The van der Waals surface area contributed by atoms with Gasteiger partial charge in [-0.1, -0.05) is 98.6 Å². The van der Waals surface area contributed by atoms with Gasteiger partial charge in [-0.25, -0.2) is 4.79 Å². The Morgan fingerprint density at radius 1 is 0.824 bits per heavy atom. The Kier molecular flexibility index (Phi) is 9.27. The van der Waals surface area contributed by atoms with Crippen LogP contribution in [0.15, 0.2) is 84.9 Å². The van der Waals surface area contributed by atoms with Crippen LogP contribution in [0.25, 0.3) is 0 Å². The van der Waals surface area contributed by atoms with E-state index in [2.05, 4.69) is 40.2 Å². The summed E-state index contributed by atoms with van der Waals surface area (Å²) in [4.78, 5) is 25.7. The molecule has 0 saturated carbocycles. The molecule has 0 aliphatic rings. The summed E-state index contributed by atoms with van der Waals surface area (Å²) in [5.74, 6) is 0.0265. The van der Waals surface area contributed by atoms with E-state index < -0.39 is 6.04 Å². The average molecular weight is 458 g/mol. The van der Waals surface area contributed by atoms with Crippen molar-refractivity contribution in [1.82, 2.24) is 10.6 Å². The highest BCUT2D eigenvalue weighted by Crippen LogP contribution is 2.27. The molecule has 178 valence electrons. The zero-order chi connectivity index (χ0) is 24.3. The third-order valence-corrected chi connectivity index (χ3v) is 6.23. The van der Waals surface area contributed by atoms with Crippen molar-refractivity contribution in [2.75, 3.05) is 11.9 Å². The van der Waals surface area contributed by atoms with Crippen molar-refractivity contribution in [3.63, 3.8) is 0 Å². The first-order valence-electron chi connectivity index (χ1n) is 12.0. The lowest BCUT2D eigenvalue weighted by molar-refractivity contribution is -0.124. The summed E-state index contributed by atoms with van der Waals surface area (Å²) in [6.45, 7) is 6.51. The molecule has 0 radical (unpaired) electrons. The monoisotopic (exact) mass is 457 g/mol. The summed E-state index contributed by atoms with van der Waals surface area (Å²) in [7, 11) is 0. The number of hydrogen-bond donors (Lipinski definition) is 3. The van der Waals surface area contributed by atoms with E-state index >= 15 is 0 Å². The van der Waals surface area contributed by atoms with Crippen LogP contribution in [0.2, 0.25) is 0 Å². The van der Waals surface area contributed by atoms with Gasteiger partial charge in [0.15, 0.2) is 0 Å². The molecule has 3 aromatic carbocycles. The fraction of sp³-hybridized carbons (Fsp3) is 0.310. The number of aryl methyl sites for hydroxylation is 1. The van der Waals surface area contributed by atoms with E-state index in [9.17, 15) is 9.59 Å². The predicted octanol–water partition coefficient (Wildman–Crippen LogP) is 5.87. The minimum absolute atomic E-state index is 0.00260. The van der Waals surface area contributed by atoms with Crippen LogP contribution in [0.3, 0.4) is 0 Å². The Morgan fingerprint density at radius 2 is 1.38 bits per heavy atom. The number of carbonyl (C=O) groups excluding carboxylic acids is 2. The molecule has 3 rings (SSSR count).